The highest BCUT2D eigenvalue weighted by molar-refractivity contribution is 8.03. The fraction of sp³-hybridized carbons (Fsp3) is 0.161. The van der Waals surface area contributed by atoms with E-state index in [9.17, 15) is 19.2 Å². The third-order valence-electron chi connectivity index (χ3n) is 7.00. The number of H-pyrrole nitrogens is 1. The first-order valence-electron chi connectivity index (χ1n) is 13.0. The Balaban J connectivity index is 1.28. The number of thioether (sulfide) groups is 1. The van der Waals surface area contributed by atoms with Crippen molar-refractivity contribution in [2.75, 3.05) is 0 Å². The number of carbonyl (C=O) groups excluding carboxylic acids is 3. The molecule has 0 aliphatic carbocycles. The van der Waals surface area contributed by atoms with Crippen molar-refractivity contribution in [3.63, 3.8) is 0 Å². The Morgan fingerprint density at radius 3 is 2.10 bits per heavy atom. The van der Waals surface area contributed by atoms with Gasteiger partial charge in [-0.15, -0.1) is 11.8 Å². The molecule has 0 saturated carbocycles. The highest BCUT2D eigenvalue weighted by Gasteiger charge is 2.56. The van der Waals surface area contributed by atoms with Gasteiger partial charge in [-0.3, -0.25) is 14.4 Å². The summed E-state index contributed by atoms with van der Waals surface area (Å²) in [5, 5.41) is 5.74. The van der Waals surface area contributed by atoms with Gasteiger partial charge in [0.05, 0.1) is 12.1 Å². The number of aromatic nitrogens is 1. The van der Waals surface area contributed by atoms with Crippen LogP contribution in [0.4, 0.5) is 0 Å². The molecule has 6 rings (SSSR count). The lowest BCUT2D eigenvalue weighted by Crippen LogP contribution is -2.73. The minimum atomic E-state index is -1.10. The largest absolute Gasteiger partial charge is 0.451 e. The number of aromatic amines is 1. The number of ether oxygens (including phenoxy) is 1. The van der Waals surface area contributed by atoms with E-state index in [1.165, 1.54) is 16.7 Å². The average molecular weight is 584 g/mol. The number of amides is 2. The topological polar surface area (TPSA) is 109 Å². The molecule has 10 heteroatoms. The Hall–Kier alpha value is -4.41. The summed E-state index contributed by atoms with van der Waals surface area (Å²) in [7, 11) is 0. The molecule has 2 aliphatic heterocycles. The van der Waals surface area contributed by atoms with Gasteiger partial charge in [0, 0.05) is 11.0 Å². The number of β-lactam (4-membered cyclic amide) rings is 1. The van der Waals surface area contributed by atoms with Gasteiger partial charge >= 0.3 is 10.8 Å². The number of hydrogen-bond acceptors (Lipinski definition) is 7. The molecule has 2 amide bonds. The first kappa shape index (κ1) is 26.8. The number of esters is 1. The third-order valence-corrected chi connectivity index (χ3v) is 8.84. The predicted molar refractivity (Wildman–Crippen MR) is 158 cm³/mol. The van der Waals surface area contributed by atoms with Crippen LogP contribution in [0.25, 0.3) is 5.57 Å². The maximum atomic E-state index is 14.0. The second kappa shape index (κ2) is 11.6. The summed E-state index contributed by atoms with van der Waals surface area (Å²) in [6, 6.07) is 26.2. The minimum Gasteiger partial charge on any atom is -0.451 e. The van der Waals surface area contributed by atoms with Crippen molar-refractivity contribution in [1.29, 1.82) is 0 Å². The minimum absolute atomic E-state index is 0.139. The number of fused-ring (bicyclic) bond motifs is 1. The molecule has 3 atom stereocenters. The highest BCUT2D eigenvalue weighted by atomic mass is 32.2. The number of hydrogen-bond donors (Lipinski definition) is 2. The van der Waals surface area contributed by atoms with Crippen LogP contribution in [0.1, 0.15) is 28.5 Å². The van der Waals surface area contributed by atoms with Crippen LogP contribution in [0.5, 0.6) is 0 Å². The molecule has 1 saturated heterocycles. The lowest BCUT2D eigenvalue weighted by Gasteiger charge is -2.51. The van der Waals surface area contributed by atoms with Gasteiger partial charge in [0.1, 0.15) is 11.4 Å². The van der Waals surface area contributed by atoms with E-state index in [-0.39, 0.29) is 23.1 Å². The molecule has 41 heavy (non-hydrogen) atoms. The lowest BCUT2D eigenvalue weighted by molar-refractivity contribution is -0.164. The van der Waals surface area contributed by atoms with Crippen LogP contribution in [0.3, 0.4) is 0 Å². The Labute approximate surface area is 244 Å². The monoisotopic (exact) mass is 583 g/mol. The van der Waals surface area contributed by atoms with Crippen molar-refractivity contribution in [3.8, 4) is 0 Å². The molecule has 2 unspecified atom stereocenters. The molecule has 3 heterocycles. The standard InChI is InChI=1S/C31H25N3O5S2/c35-24(16-19-10-4-1-5-11-19)33-25-28(36)34-26(22(17-40-29(25)34)23-18-41-31(38)32-23)30(37)39-27(20-12-6-2-7-13-20)21-14-8-3-9-15-21/h1-15,17-18,25-27,29H,16H2,(H,32,38)(H,33,35)/t25?,26?,29-/m1/s1. The molecule has 0 bridgehead atoms. The summed E-state index contributed by atoms with van der Waals surface area (Å²) in [5.74, 6) is -1.29. The van der Waals surface area contributed by atoms with E-state index in [1.807, 2.05) is 91.0 Å². The van der Waals surface area contributed by atoms with Crippen molar-refractivity contribution in [2.45, 2.75) is 30.0 Å². The van der Waals surface area contributed by atoms with E-state index in [2.05, 4.69) is 10.3 Å². The highest BCUT2D eigenvalue weighted by Crippen LogP contribution is 2.44. The van der Waals surface area contributed by atoms with Gasteiger partial charge < -0.3 is 19.9 Å². The molecular formula is C31H25N3O5S2. The number of nitrogens with one attached hydrogen (secondary N) is 2. The molecule has 206 valence electrons. The first-order chi connectivity index (χ1) is 20.0. The zero-order valence-corrected chi connectivity index (χ0v) is 23.3. The molecule has 0 radical (unpaired) electrons. The average Bonchev–Trinajstić information content (AvgIpc) is 3.45. The Morgan fingerprint density at radius 2 is 1.51 bits per heavy atom. The zero-order valence-electron chi connectivity index (χ0n) is 21.6. The molecule has 2 N–H and O–H groups in total. The van der Waals surface area contributed by atoms with E-state index in [0.717, 1.165) is 28.0 Å². The van der Waals surface area contributed by atoms with Crippen molar-refractivity contribution >= 4 is 46.5 Å². The van der Waals surface area contributed by atoms with E-state index >= 15 is 0 Å². The first-order valence-corrected chi connectivity index (χ1v) is 14.8. The van der Waals surface area contributed by atoms with Gasteiger partial charge in [0.25, 0.3) is 0 Å². The van der Waals surface area contributed by atoms with Crippen LogP contribution in [-0.4, -0.2) is 45.1 Å². The fourth-order valence-corrected chi connectivity index (χ4v) is 6.87. The molecule has 1 aromatic heterocycles. The van der Waals surface area contributed by atoms with Gasteiger partial charge in [-0.05, 0) is 22.1 Å². The fourth-order valence-electron chi connectivity index (χ4n) is 5.04. The number of thiazole rings is 1. The van der Waals surface area contributed by atoms with Crippen LogP contribution in [0, 0.1) is 0 Å². The second-order valence-corrected chi connectivity index (χ2v) is 11.5. The van der Waals surface area contributed by atoms with E-state index in [0.29, 0.717) is 11.3 Å². The molecule has 0 spiro atoms. The molecule has 2 aliphatic rings. The summed E-state index contributed by atoms with van der Waals surface area (Å²) in [6.07, 6.45) is -0.570. The van der Waals surface area contributed by atoms with E-state index in [1.54, 1.807) is 10.8 Å². The maximum Gasteiger partial charge on any atom is 0.334 e. The second-order valence-electron chi connectivity index (χ2n) is 9.66. The zero-order chi connectivity index (χ0) is 28.3. The Bertz CT molecular complexity index is 1610. The van der Waals surface area contributed by atoms with Crippen molar-refractivity contribution in [1.82, 2.24) is 15.2 Å². The SMILES string of the molecule is O=C(Cc1ccccc1)NC1C(=O)N2C(C(=O)OC(c3ccccc3)c3ccccc3)C(c3csc(=O)[nH]3)=CS[C@H]12. The molecule has 4 aromatic rings. The summed E-state index contributed by atoms with van der Waals surface area (Å²) in [6.45, 7) is 0. The van der Waals surface area contributed by atoms with E-state index in [4.69, 9.17) is 4.74 Å². The molecule has 3 aromatic carbocycles. The molecular weight excluding hydrogens is 558 g/mol. The normalized spacial score (nSPS) is 19.6. The smallest absolute Gasteiger partial charge is 0.334 e. The van der Waals surface area contributed by atoms with E-state index < -0.39 is 29.5 Å². The summed E-state index contributed by atoms with van der Waals surface area (Å²) in [4.78, 5) is 56.2. The van der Waals surface area contributed by atoms with Crippen LogP contribution in [-0.2, 0) is 25.5 Å². The maximum absolute atomic E-state index is 14.0. The Kier molecular flexibility index (Phi) is 7.58. The predicted octanol–water partition coefficient (Wildman–Crippen LogP) is 4.12. The lowest BCUT2D eigenvalue weighted by atomic mass is 9.95. The molecule has 1 fully saturated rings. The van der Waals surface area contributed by atoms with Gasteiger partial charge in [0.2, 0.25) is 11.8 Å². The summed E-state index contributed by atoms with van der Waals surface area (Å²) < 4.78 is 6.16. The number of benzene rings is 3. The third kappa shape index (κ3) is 5.48. The Morgan fingerprint density at radius 1 is 0.902 bits per heavy atom. The van der Waals surface area contributed by atoms with Crippen LogP contribution < -0.4 is 10.2 Å². The summed E-state index contributed by atoms with van der Waals surface area (Å²) in [5.41, 5.74) is 3.32. The number of rotatable bonds is 8. The van der Waals surface area contributed by atoms with Crippen LogP contribution in [0.15, 0.2) is 107 Å². The van der Waals surface area contributed by atoms with Gasteiger partial charge in [-0.2, -0.15) is 0 Å². The van der Waals surface area contributed by atoms with Gasteiger partial charge in [0.15, 0.2) is 12.1 Å². The summed E-state index contributed by atoms with van der Waals surface area (Å²) >= 11 is 2.30. The van der Waals surface area contributed by atoms with Gasteiger partial charge in [-0.25, -0.2) is 4.79 Å². The van der Waals surface area contributed by atoms with Crippen molar-refractivity contribution < 1.29 is 19.1 Å². The van der Waals surface area contributed by atoms with Crippen molar-refractivity contribution in [3.05, 3.63) is 134 Å². The van der Waals surface area contributed by atoms with Gasteiger partial charge in [-0.1, -0.05) is 102 Å². The van der Waals surface area contributed by atoms with Crippen LogP contribution >= 0.6 is 23.1 Å². The van der Waals surface area contributed by atoms with Crippen LogP contribution in [0.2, 0.25) is 0 Å². The van der Waals surface area contributed by atoms with Crippen molar-refractivity contribution in [2.24, 2.45) is 0 Å². The number of carbonyl (C=O) groups is 3. The molecule has 8 nitrogen and oxygen atoms in total. The quantitative estimate of drug-likeness (QED) is 0.239. The number of nitrogens with zero attached hydrogens (tertiary/aromatic N) is 1.